The lowest BCUT2D eigenvalue weighted by Gasteiger charge is -2.09. The third-order valence-electron chi connectivity index (χ3n) is 3.44. The first-order valence-electron chi connectivity index (χ1n) is 6.87. The van der Waals surface area contributed by atoms with Crippen LogP contribution in [0.1, 0.15) is 27.0 Å². The van der Waals surface area contributed by atoms with Crippen LogP contribution in [0.5, 0.6) is 5.75 Å². The predicted octanol–water partition coefficient (Wildman–Crippen LogP) is 3.78. The van der Waals surface area contributed by atoms with E-state index in [0.29, 0.717) is 11.1 Å². The van der Waals surface area contributed by atoms with E-state index in [9.17, 15) is 14.9 Å². The summed E-state index contributed by atoms with van der Waals surface area (Å²) in [7, 11) is 0. The molecule has 0 atom stereocenters. The first-order chi connectivity index (χ1) is 10.4. The van der Waals surface area contributed by atoms with Gasteiger partial charge < -0.3 is 4.74 Å². The van der Waals surface area contributed by atoms with Gasteiger partial charge in [0.25, 0.3) is 0 Å². The normalized spacial score (nSPS) is 10.3. The van der Waals surface area contributed by atoms with Crippen LogP contribution in [-0.4, -0.2) is 17.3 Å². The molecule has 0 unspecified atom stereocenters. The van der Waals surface area contributed by atoms with Crippen LogP contribution in [0, 0.1) is 30.9 Å². The van der Waals surface area contributed by atoms with Crippen molar-refractivity contribution in [1.29, 1.82) is 0 Å². The van der Waals surface area contributed by atoms with Crippen molar-refractivity contribution in [1.82, 2.24) is 0 Å². The van der Waals surface area contributed by atoms with E-state index in [-0.39, 0.29) is 23.8 Å². The Bertz CT molecular complexity index is 737. The Kier molecular flexibility index (Phi) is 4.56. The zero-order chi connectivity index (χ0) is 16.3. The molecule has 22 heavy (non-hydrogen) atoms. The van der Waals surface area contributed by atoms with Crippen molar-refractivity contribution >= 4 is 11.5 Å². The third-order valence-corrected chi connectivity index (χ3v) is 3.44. The second kappa shape index (κ2) is 6.39. The number of nitro groups is 1. The Labute approximate surface area is 128 Å². The summed E-state index contributed by atoms with van der Waals surface area (Å²) in [5.41, 5.74) is 2.82. The Morgan fingerprint density at radius 3 is 2.55 bits per heavy atom. The number of ketones is 1. The molecule has 0 aliphatic rings. The number of nitrogens with zero attached hydrogens (tertiary/aromatic N) is 1. The number of aryl methyl sites for hydroxylation is 3. The van der Waals surface area contributed by atoms with Crippen molar-refractivity contribution in [2.45, 2.75) is 20.8 Å². The number of para-hydroxylation sites is 1. The fourth-order valence-corrected chi connectivity index (χ4v) is 2.24. The molecule has 2 rings (SSSR count). The summed E-state index contributed by atoms with van der Waals surface area (Å²) >= 11 is 0. The van der Waals surface area contributed by atoms with Crippen LogP contribution < -0.4 is 4.74 Å². The number of rotatable bonds is 5. The molecule has 5 nitrogen and oxygen atoms in total. The lowest BCUT2D eigenvalue weighted by Crippen LogP contribution is -2.14. The zero-order valence-electron chi connectivity index (χ0n) is 12.8. The summed E-state index contributed by atoms with van der Waals surface area (Å²) in [4.78, 5) is 22.9. The molecule has 0 radical (unpaired) electrons. The number of hydrogen-bond donors (Lipinski definition) is 0. The molecule has 0 amide bonds. The predicted molar refractivity (Wildman–Crippen MR) is 83.6 cm³/mol. The van der Waals surface area contributed by atoms with Gasteiger partial charge in [0.15, 0.2) is 18.1 Å². The van der Waals surface area contributed by atoms with E-state index in [1.807, 2.05) is 26.0 Å². The van der Waals surface area contributed by atoms with Crippen LogP contribution in [-0.2, 0) is 0 Å². The molecule has 114 valence electrons. The van der Waals surface area contributed by atoms with Gasteiger partial charge in [-0.1, -0.05) is 29.8 Å². The van der Waals surface area contributed by atoms with Gasteiger partial charge in [-0.3, -0.25) is 14.9 Å². The summed E-state index contributed by atoms with van der Waals surface area (Å²) < 4.78 is 5.40. The molecule has 0 N–H and O–H groups in total. The van der Waals surface area contributed by atoms with E-state index >= 15 is 0 Å². The fraction of sp³-hybridized carbons (Fsp3) is 0.235. The average Bonchev–Trinajstić information content (AvgIpc) is 2.46. The number of nitro benzene ring substituents is 1. The highest BCUT2D eigenvalue weighted by Crippen LogP contribution is 2.30. The lowest BCUT2D eigenvalue weighted by molar-refractivity contribution is -0.386. The molecule has 5 heteroatoms. The Morgan fingerprint density at radius 1 is 1.14 bits per heavy atom. The SMILES string of the molecule is Cc1ccc(C)c(C(=O)COc2cccc(C)c2[N+](=O)[O-])c1. The van der Waals surface area contributed by atoms with E-state index in [1.54, 1.807) is 25.1 Å². The summed E-state index contributed by atoms with van der Waals surface area (Å²) in [6, 6.07) is 10.4. The highest BCUT2D eigenvalue weighted by molar-refractivity contribution is 5.98. The molecule has 0 heterocycles. The van der Waals surface area contributed by atoms with Crippen LogP contribution in [0.2, 0.25) is 0 Å². The van der Waals surface area contributed by atoms with Crippen molar-refractivity contribution in [3.63, 3.8) is 0 Å². The van der Waals surface area contributed by atoms with Crippen molar-refractivity contribution in [3.05, 3.63) is 68.8 Å². The molecule has 0 aliphatic carbocycles. The fourth-order valence-electron chi connectivity index (χ4n) is 2.24. The van der Waals surface area contributed by atoms with Crippen molar-refractivity contribution in [2.75, 3.05) is 6.61 Å². The summed E-state index contributed by atoms with van der Waals surface area (Å²) in [6.07, 6.45) is 0. The minimum absolute atomic E-state index is 0.101. The monoisotopic (exact) mass is 299 g/mol. The second-order valence-corrected chi connectivity index (χ2v) is 5.21. The van der Waals surface area contributed by atoms with Crippen LogP contribution in [0.4, 0.5) is 5.69 Å². The standard InChI is InChI=1S/C17H17NO4/c1-11-7-8-12(2)14(9-11)15(19)10-22-16-6-4-5-13(3)17(16)18(20)21/h4-9H,10H2,1-3H3. The summed E-state index contributed by atoms with van der Waals surface area (Å²) in [6.45, 7) is 5.16. The third kappa shape index (κ3) is 3.31. The van der Waals surface area contributed by atoms with E-state index < -0.39 is 4.92 Å². The van der Waals surface area contributed by atoms with Crippen LogP contribution in [0.25, 0.3) is 0 Å². The van der Waals surface area contributed by atoms with Crippen molar-refractivity contribution in [2.24, 2.45) is 0 Å². The number of carbonyl (C=O) groups excluding carboxylic acids is 1. The number of Topliss-reactive ketones (excluding diaryl/α,β-unsaturated/α-hetero) is 1. The molecular formula is C17H17NO4. The number of hydrogen-bond acceptors (Lipinski definition) is 4. The highest BCUT2D eigenvalue weighted by Gasteiger charge is 2.19. The second-order valence-electron chi connectivity index (χ2n) is 5.21. The van der Waals surface area contributed by atoms with E-state index in [0.717, 1.165) is 11.1 Å². The largest absolute Gasteiger partial charge is 0.478 e. The summed E-state index contributed by atoms with van der Waals surface area (Å²) in [5.74, 6) is -0.0827. The molecule has 0 saturated heterocycles. The van der Waals surface area contributed by atoms with Crippen molar-refractivity contribution in [3.8, 4) is 5.75 Å². The molecule has 2 aromatic carbocycles. The summed E-state index contributed by atoms with van der Waals surface area (Å²) in [5, 5.41) is 11.1. The molecule has 0 spiro atoms. The van der Waals surface area contributed by atoms with Crippen LogP contribution in [0.15, 0.2) is 36.4 Å². The van der Waals surface area contributed by atoms with E-state index in [2.05, 4.69) is 0 Å². The molecular weight excluding hydrogens is 282 g/mol. The minimum atomic E-state index is -0.493. The van der Waals surface area contributed by atoms with Gasteiger partial charge in [-0.15, -0.1) is 0 Å². The van der Waals surface area contributed by atoms with Gasteiger partial charge in [-0.2, -0.15) is 0 Å². The Balaban J connectivity index is 2.20. The quantitative estimate of drug-likeness (QED) is 0.478. The smallest absolute Gasteiger partial charge is 0.313 e. The Hall–Kier alpha value is -2.69. The lowest BCUT2D eigenvalue weighted by atomic mass is 10.0. The highest BCUT2D eigenvalue weighted by atomic mass is 16.6. The zero-order valence-corrected chi connectivity index (χ0v) is 12.8. The van der Waals surface area contributed by atoms with Gasteiger partial charge in [0.05, 0.1) is 4.92 Å². The number of benzene rings is 2. The van der Waals surface area contributed by atoms with Gasteiger partial charge >= 0.3 is 5.69 Å². The molecule has 0 bridgehead atoms. The first-order valence-corrected chi connectivity index (χ1v) is 6.87. The van der Waals surface area contributed by atoms with Crippen molar-refractivity contribution < 1.29 is 14.5 Å². The van der Waals surface area contributed by atoms with E-state index in [4.69, 9.17) is 4.74 Å². The number of ether oxygens (including phenoxy) is 1. The average molecular weight is 299 g/mol. The molecule has 0 fully saturated rings. The van der Waals surface area contributed by atoms with Gasteiger partial charge in [0, 0.05) is 11.1 Å². The van der Waals surface area contributed by atoms with Crippen LogP contribution >= 0.6 is 0 Å². The number of carbonyl (C=O) groups is 1. The van der Waals surface area contributed by atoms with Gasteiger partial charge in [-0.25, -0.2) is 0 Å². The molecule has 0 saturated carbocycles. The molecule has 2 aromatic rings. The maximum Gasteiger partial charge on any atom is 0.313 e. The van der Waals surface area contributed by atoms with Gasteiger partial charge in [0.1, 0.15) is 0 Å². The maximum atomic E-state index is 12.3. The van der Waals surface area contributed by atoms with Crippen LogP contribution in [0.3, 0.4) is 0 Å². The first kappa shape index (κ1) is 15.7. The maximum absolute atomic E-state index is 12.3. The van der Waals surface area contributed by atoms with Gasteiger partial charge in [0.2, 0.25) is 0 Å². The topological polar surface area (TPSA) is 69.4 Å². The van der Waals surface area contributed by atoms with Gasteiger partial charge in [-0.05, 0) is 38.5 Å². The van der Waals surface area contributed by atoms with E-state index in [1.165, 1.54) is 6.07 Å². The minimum Gasteiger partial charge on any atom is -0.478 e. The molecule has 0 aromatic heterocycles. The Morgan fingerprint density at radius 2 is 1.86 bits per heavy atom. The molecule has 0 aliphatic heterocycles.